The number of fused-ring (bicyclic) bond motifs is 2. The Morgan fingerprint density at radius 1 is 0.933 bits per heavy atom. The Hall–Kier alpha value is -2.48. The predicted molar refractivity (Wildman–Crippen MR) is 125 cm³/mol. The van der Waals surface area contributed by atoms with E-state index in [1.165, 1.54) is 24.0 Å². The molecule has 0 aliphatic heterocycles. The zero-order valence-electron chi connectivity index (χ0n) is 18.9. The highest BCUT2D eigenvalue weighted by Gasteiger charge is 2.56. The van der Waals surface area contributed by atoms with Gasteiger partial charge in [0.25, 0.3) is 0 Å². The van der Waals surface area contributed by atoms with Gasteiger partial charge in [-0.25, -0.2) is 0 Å². The van der Waals surface area contributed by atoms with E-state index in [4.69, 9.17) is 9.47 Å². The van der Waals surface area contributed by atoms with Gasteiger partial charge in [-0.2, -0.15) is 0 Å². The molecule has 2 heteroatoms. The summed E-state index contributed by atoms with van der Waals surface area (Å²) in [6.07, 6.45) is 10.9. The highest BCUT2D eigenvalue weighted by atomic mass is 16.5. The maximum atomic E-state index is 5.38. The van der Waals surface area contributed by atoms with Crippen LogP contribution in [0.5, 0.6) is 11.5 Å². The van der Waals surface area contributed by atoms with Gasteiger partial charge in [-0.15, -0.1) is 0 Å². The molecule has 2 aliphatic rings. The van der Waals surface area contributed by atoms with E-state index in [0.29, 0.717) is 16.7 Å². The molecule has 0 aromatic heterocycles. The summed E-state index contributed by atoms with van der Waals surface area (Å²) in [4.78, 5) is 0. The summed E-state index contributed by atoms with van der Waals surface area (Å²) in [5, 5.41) is 0. The van der Waals surface area contributed by atoms with Crippen molar-refractivity contribution in [3.8, 4) is 11.5 Å². The van der Waals surface area contributed by atoms with Gasteiger partial charge < -0.3 is 9.47 Å². The Labute approximate surface area is 181 Å². The lowest BCUT2D eigenvalue weighted by molar-refractivity contribution is 0.167. The Kier molecular flexibility index (Phi) is 5.53. The molecule has 1 saturated carbocycles. The molecule has 0 saturated heterocycles. The molecule has 0 N–H and O–H groups in total. The second kappa shape index (κ2) is 7.98. The quantitative estimate of drug-likeness (QED) is 0.453. The highest BCUT2D eigenvalue weighted by molar-refractivity contribution is 5.53. The number of methoxy groups -OCH3 is 2. The summed E-state index contributed by atoms with van der Waals surface area (Å²) in [6.45, 7) is 7.41. The van der Waals surface area contributed by atoms with Crippen LogP contribution >= 0.6 is 0 Å². The molecule has 2 nitrogen and oxygen atoms in total. The highest BCUT2D eigenvalue weighted by Crippen LogP contribution is 2.66. The Morgan fingerprint density at radius 3 is 2.03 bits per heavy atom. The van der Waals surface area contributed by atoms with Crippen LogP contribution in [0, 0.1) is 16.7 Å². The molecule has 0 radical (unpaired) electrons. The lowest BCUT2D eigenvalue weighted by atomic mass is 9.66. The van der Waals surface area contributed by atoms with Crippen LogP contribution in [0.15, 0.2) is 66.3 Å². The zero-order valence-corrected chi connectivity index (χ0v) is 18.9. The van der Waals surface area contributed by atoms with Crippen LogP contribution in [0.4, 0.5) is 0 Å². The second-order valence-corrected chi connectivity index (χ2v) is 9.61. The second-order valence-electron chi connectivity index (χ2n) is 9.61. The number of ether oxygens (including phenoxy) is 2. The van der Waals surface area contributed by atoms with Crippen molar-refractivity contribution in [2.24, 2.45) is 16.7 Å². The number of allylic oxidation sites excluding steroid dienone is 3. The fraction of sp³-hybridized carbons (Fsp3) is 0.429. The Bertz CT molecular complexity index is 934. The minimum absolute atomic E-state index is 0.316. The standard InChI is InChI=1S/C28H34O2/c1-27(2)23-16-17-28(27,3)24(19-23)18-22(21-10-14-26(30-5)15-11-21)9-6-20-7-12-25(29-4)13-8-20/h6-15,19,22-23H,16-18H2,1-5H3/b9-6+/t22?,23-,28+/m0/s1. The first kappa shape index (κ1) is 20.8. The first-order valence-corrected chi connectivity index (χ1v) is 11.0. The van der Waals surface area contributed by atoms with E-state index in [1.807, 2.05) is 12.1 Å². The molecule has 2 aliphatic carbocycles. The summed E-state index contributed by atoms with van der Waals surface area (Å²) in [7, 11) is 3.43. The van der Waals surface area contributed by atoms with Crippen LogP contribution in [0.3, 0.4) is 0 Å². The Balaban J connectivity index is 1.62. The molecule has 2 aromatic carbocycles. The molecule has 3 atom stereocenters. The first-order valence-electron chi connectivity index (χ1n) is 11.0. The largest absolute Gasteiger partial charge is 0.497 e. The average Bonchev–Trinajstić information content (AvgIpc) is 3.10. The van der Waals surface area contributed by atoms with Gasteiger partial charge in [0.05, 0.1) is 14.2 Å². The van der Waals surface area contributed by atoms with Crippen LogP contribution in [0.2, 0.25) is 0 Å². The number of hydrogen-bond acceptors (Lipinski definition) is 2. The molecule has 4 rings (SSSR count). The van der Waals surface area contributed by atoms with Crippen molar-refractivity contribution in [1.29, 1.82) is 0 Å². The molecular weight excluding hydrogens is 368 g/mol. The minimum atomic E-state index is 0.316. The third-order valence-electron chi connectivity index (χ3n) is 8.04. The molecule has 158 valence electrons. The van der Waals surface area contributed by atoms with Gasteiger partial charge in [-0.05, 0) is 71.4 Å². The average molecular weight is 403 g/mol. The van der Waals surface area contributed by atoms with E-state index in [2.05, 4.69) is 75.4 Å². The number of rotatable bonds is 7. The van der Waals surface area contributed by atoms with E-state index >= 15 is 0 Å². The lowest BCUT2D eigenvalue weighted by Gasteiger charge is -2.38. The molecule has 1 fully saturated rings. The van der Waals surface area contributed by atoms with Gasteiger partial charge in [-0.3, -0.25) is 0 Å². The zero-order chi connectivity index (χ0) is 21.4. The molecule has 0 spiro atoms. The van der Waals surface area contributed by atoms with Crippen molar-refractivity contribution in [3.05, 3.63) is 77.4 Å². The summed E-state index contributed by atoms with van der Waals surface area (Å²) in [6, 6.07) is 16.8. The molecular formula is C28H34O2. The molecule has 0 heterocycles. The predicted octanol–water partition coefficient (Wildman–Crippen LogP) is 7.27. The van der Waals surface area contributed by atoms with Crippen molar-refractivity contribution in [2.45, 2.75) is 46.0 Å². The van der Waals surface area contributed by atoms with Gasteiger partial charge in [0, 0.05) is 5.92 Å². The van der Waals surface area contributed by atoms with Crippen molar-refractivity contribution in [3.63, 3.8) is 0 Å². The summed E-state index contributed by atoms with van der Waals surface area (Å²) < 4.78 is 10.7. The molecule has 0 amide bonds. The van der Waals surface area contributed by atoms with Crippen molar-refractivity contribution >= 4 is 6.08 Å². The third kappa shape index (κ3) is 3.57. The van der Waals surface area contributed by atoms with Gasteiger partial charge in [0.15, 0.2) is 0 Å². The smallest absolute Gasteiger partial charge is 0.118 e. The topological polar surface area (TPSA) is 18.5 Å². The fourth-order valence-electron chi connectivity index (χ4n) is 5.45. The summed E-state index contributed by atoms with van der Waals surface area (Å²) in [5.41, 5.74) is 4.86. The lowest BCUT2D eigenvalue weighted by Crippen LogP contribution is -2.30. The third-order valence-corrected chi connectivity index (χ3v) is 8.04. The maximum absolute atomic E-state index is 5.38. The Morgan fingerprint density at radius 2 is 1.53 bits per heavy atom. The molecule has 2 aromatic rings. The first-order chi connectivity index (χ1) is 14.4. The van der Waals surface area contributed by atoms with Crippen LogP contribution in [-0.4, -0.2) is 14.2 Å². The van der Waals surface area contributed by atoms with Crippen molar-refractivity contribution in [2.75, 3.05) is 14.2 Å². The fourth-order valence-corrected chi connectivity index (χ4v) is 5.45. The van der Waals surface area contributed by atoms with E-state index in [0.717, 1.165) is 23.8 Å². The van der Waals surface area contributed by atoms with E-state index in [9.17, 15) is 0 Å². The van der Waals surface area contributed by atoms with Crippen LogP contribution in [0.25, 0.3) is 6.08 Å². The monoisotopic (exact) mass is 402 g/mol. The van der Waals surface area contributed by atoms with Gasteiger partial charge in [-0.1, -0.05) is 68.8 Å². The van der Waals surface area contributed by atoms with Crippen molar-refractivity contribution < 1.29 is 9.47 Å². The van der Waals surface area contributed by atoms with Crippen LogP contribution < -0.4 is 9.47 Å². The van der Waals surface area contributed by atoms with Crippen LogP contribution in [-0.2, 0) is 0 Å². The summed E-state index contributed by atoms with van der Waals surface area (Å²) in [5.74, 6) is 2.86. The maximum Gasteiger partial charge on any atom is 0.118 e. The summed E-state index contributed by atoms with van der Waals surface area (Å²) >= 11 is 0. The minimum Gasteiger partial charge on any atom is -0.497 e. The molecule has 30 heavy (non-hydrogen) atoms. The SMILES string of the molecule is COc1ccc(/C=C/C(CC2=C[C@@H]3CC[C@@]2(C)C3(C)C)c2ccc(OC)cc2)cc1. The van der Waals surface area contributed by atoms with E-state index < -0.39 is 0 Å². The van der Waals surface area contributed by atoms with Gasteiger partial charge in [0.2, 0.25) is 0 Å². The molecule has 1 unspecified atom stereocenters. The van der Waals surface area contributed by atoms with E-state index in [1.54, 1.807) is 19.8 Å². The van der Waals surface area contributed by atoms with E-state index in [-0.39, 0.29) is 0 Å². The van der Waals surface area contributed by atoms with Gasteiger partial charge >= 0.3 is 0 Å². The van der Waals surface area contributed by atoms with Crippen molar-refractivity contribution in [1.82, 2.24) is 0 Å². The molecule has 2 bridgehead atoms. The van der Waals surface area contributed by atoms with Gasteiger partial charge in [0.1, 0.15) is 11.5 Å². The number of benzene rings is 2. The normalized spacial score (nSPS) is 25.4. The number of hydrogen-bond donors (Lipinski definition) is 0. The van der Waals surface area contributed by atoms with Crippen LogP contribution in [0.1, 0.15) is 57.1 Å².